The number of hydrogen-bond acceptors (Lipinski definition) is 4. The van der Waals surface area contributed by atoms with Crippen LogP contribution < -0.4 is 9.47 Å². The van der Waals surface area contributed by atoms with Gasteiger partial charge in [0, 0.05) is 23.2 Å². The Labute approximate surface area is 202 Å². The van der Waals surface area contributed by atoms with Gasteiger partial charge in [0.2, 0.25) is 0 Å². The number of benzene rings is 2. The second kappa shape index (κ2) is 15.7. The molecule has 0 fully saturated rings. The maximum absolute atomic E-state index is 8.36. The Morgan fingerprint density at radius 3 is 2.45 bits per heavy atom. The van der Waals surface area contributed by atoms with E-state index in [0.29, 0.717) is 11.6 Å². The Bertz CT molecular complexity index is 964. The van der Waals surface area contributed by atoms with Crippen molar-refractivity contribution >= 4 is 18.1 Å². The number of carboxylic acid groups (broad SMARTS) is 1. The summed E-state index contributed by atoms with van der Waals surface area (Å²) in [5.41, 5.74) is 4.36. The molecule has 3 rings (SSSR count). The van der Waals surface area contributed by atoms with E-state index in [1.807, 2.05) is 63.2 Å². The van der Waals surface area contributed by atoms with Crippen molar-refractivity contribution in [3.05, 3.63) is 76.9 Å². The molecule has 1 N–H and O–H groups in total. The van der Waals surface area contributed by atoms with Crippen molar-refractivity contribution in [2.45, 2.75) is 53.6 Å². The van der Waals surface area contributed by atoms with Crippen LogP contribution >= 0.6 is 11.6 Å². The number of halogens is 1. The molecule has 33 heavy (non-hydrogen) atoms. The number of hydrogen-bond donors (Lipinski definition) is 1. The molecule has 2 aromatic carbocycles. The lowest BCUT2D eigenvalue weighted by Crippen LogP contribution is -2.16. The number of ether oxygens (including phenoxy) is 2. The highest BCUT2D eigenvalue weighted by Gasteiger charge is 2.12. The van der Waals surface area contributed by atoms with Crippen LogP contribution in [0, 0.1) is 6.92 Å². The molecule has 0 radical (unpaired) electrons. The molecule has 0 unspecified atom stereocenters. The van der Waals surface area contributed by atoms with Crippen molar-refractivity contribution in [1.29, 1.82) is 0 Å². The van der Waals surface area contributed by atoms with Crippen LogP contribution in [0.1, 0.15) is 45.2 Å². The third kappa shape index (κ3) is 9.54. The van der Waals surface area contributed by atoms with E-state index in [0.717, 1.165) is 35.6 Å². The van der Waals surface area contributed by atoms with Gasteiger partial charge >= 0.3 is 0 Å². The van der Waals surface area contributed by atoms with Crippen molar-refractivity contribution in [2.24, 2.45) is 0 Å². The Morgan fingerprint density at radius 2 is 1.85 bits per heavy atom. The molecule has 3 aromatic rings. The smallest absolute Gasteiger partial charge is 0.290 e. The molecule has 178 valence electrons. The van der Waals surface area contributed by atoms with Crippen molar-refractivity contribution in [3.63, 3.8) is 0 Å². The molecular formula is C27H34ClNO4. The van der Waals surface area contributed by atoms with Crippen LogP contribution in [-0.2, 0) is 11.2 Å². The highest BCUT2D eigenvalue weighted by molar-refractivity contribution is 6.30. The molecular weight excluding hydrogens is 438 g/mol. The maximum atomic E-state index is 8.36. The average molecular weight is 472 g/mol. The number of nitrogens with zero attached hydrogens (tertiary/aromatic N) is 1. The zero-order chi connectivity index (χ0) is 24.6. The van der Waals surface area contributed by atoms with Crippen LogP contribution in [0.5, 0.6) is 11.5 Å². The van der Waals surface area contributed by atoms with Gasteiger partial charge in [-0.15, -0.1) is 0 Å². The summed E-state index contributed by atoms with van der Waals surface area (Å²) in [5.74, 6) is 1.68. The standard InChI is InChI=1S/C24H26ClNO2.C2H6.CH2O2/c1-4-19-8-10-21(15-17(19)2)27-14-12-18(3)28-24-11-9-20(25)16-22(24)23-7-5-6-13-26-23;1-2;2-1-3/h5-11,13,15-16,18H,4,12,14H2,1-3H3;1-2H3;1H,(H,2,3)/t18-;;/m1../s1. The predicted octanol–water partition coefficient (Wildman–Crippen LogP) is 7.24. The molecule has 0 aliphatic rings. The molecule has 0 saturated carbocycles. The number of rotatable bonds is 8. The summed E-state index contributed by atoms with van der Waals surface area (Å²) in [6.45, 7) is 10.7. The van der Waals surface area contributed by atoms with E-state index < -0.39 is 0 Å². The minimum absolute atomic E-state index is 0.000324. The van der Waals surface area contributed by atoms with Crippen LogP contribution in [0.25, 0.3) is 11.3 Å². The summed E-state index contributed by atoms with van der Waals surface area (Å²) >= 11 is 6.19. The van der Waals surface area contributed by atoms with Gasteiger partial charge < -0.3 is 14.6 Å². The first-order chi connectivity index (χ1) is 16.0. The van der Waals surface area contributed by atoms with Crippen LogP contribution in [0.2, 0.25) is 5.02 Å². The van der Waals surface area contributed by atoms with E-state index in [9.17, 15) is 0 Å². The summed E-state index contributed by atoms with van der Waals surface area (Å²) in [5, 5.41) is 7.55. The van der Waals surface area contributed by atoms with Gasteiger partial charge in [0.05, 0.1) is 18.4 Å². The van der Waals surface area contributed by atoms with Gasteiger partial charge in [0.1, 0.15) is 11.5 Å². The van der Waals surface area contributed by atoms with Crippen molar-refractivity contribution in [1.82, 2.24) is 4.98 Å². The lowest BCUT2D eigenvalue weighted by molar-refractivity contribution is -0.122. The summed E-state index contributed by atoms with van der Waals surface area (Å²) in [6, 6.07) is 17.7. The first kappa shape index (κ1) is 28.0. The summed E-state index contributed by atoms with van der Waals surface area (Å²) in [6.07, 6.45) is 3.58. The second-order valence-electron chi connectivity index (χ2n) is 6.97. The average Bonchev–Trinajstić information content (AvgIpc) is 2.83. The molecule has 0 aliphatic heterocycles. The summed E-state index contributed by atoms with van der Waals surface area (Å²) in [4.78, 5) is 12.8. The highest BCUT2D eigenvalue weighted by atomic mass is 35.5. The largest absolute Gasteiger partial charge is 0.493 e. The fourth-order valence-corrected chi connectivity index (χ4v) is 3.27. The highest BCUT2D eigenvalue weighted by Crippen LogP contribution is 2.32. The van der Waals surface area contributed by atoms with Gasteiger partial charge in [-0.1, -0.05) is 44.5 Å². The predicted molar refractivity (Wildman–Crippen MR) is 135 cm³/mol. The fourth-order valence-electron chi connectivity index (χ4n) is 3.10. The minimum atomic E-state index is -0.250. The Morgan fingerprint density at radius 1 is 1.12 bits per heavy atom. The van der Waals surface area contributed by atoms with Crippen molar-refractivity contribution in [2.75, 3.05) is 6.61 Å². The Hall–Kier alpha value is -3.05. The van der Waals surface area contributed by atoms with Crippen molar-refractivity contribution in [3.8, 4) is 22.8 Å². The zero-order valence-electron chi connectivity index (χ0n) is 20.0. The van der Waals surface area contributed by atoms with Crippen LogP contribution in [0.4, 0.5) is 0 Å². The zero-order valence-corrected chi connectivity index (χ0v) is 20.8. The second-order valence-corrected chi connectivity index (χ2v) is 7.40. The van der Waals surface area contributed by atoms with Gasteiger partial charge in [0.25, 0.3) is 6.47 Å². The topological polar surface area (TPSA) is 68.7 Å². The van der Waals surface area contributed by atoms with Gasteiger partial charge in [-0.2, -0.15) is 0 Å². The fraction of sp³-hybridized carbons (Fsp3) is 0.333. The van der Waals surface area contributed by atoms with Crippen LogP contribution in [0.3, 0.4) is 0 Å². The van der Waals surface area contributed by atoms with Crippen molar-refractivity contribution < 1.29 is 19.4 Å². The number of aromatic nitrogens is 1. The minimum Gasteiger partial charge on any atom is -0.493 e. The van der Waals surface area contributed by atoms with E-state index in [1.165, 1.54) is 11.1 Å². The van der Waals surface area contributed by atoms with E-state index >= 15 is 0 Å². The van der Waals surface area contributed by atoms with Crippen LogP contribution in [-0.4, -0.2) is 29.3 Å². The molecule has 1 heterocycles. The molecule has 0 saturated heterocycles. The first-order valence-electron chi connectivity index (χ1n) is 11.2. The third-order valence-electron chi connectivity index (χ3n) is 4.70. The lowest BCUT2D eigenvalue weighted by atomic mass is 10.1. The van der Waals surface area contributed by atoms with E-state index in [1.54, 1.807) is 6.20 Å². The molecule has 0 aliphatic carbocycles. The van der Waals surface area contributed by atoms with E-state index in [4.69, 9.17) is 31.0 Å². The number of pyridine rings is 1. The summed E-state index contributed by atoms with van der Waals surface area (Å²) in [7, 11) is 0. The monoisotopic (exact) mass is 471 g/mol. The van der Waals surface area contributed by atoms with E-state index in [2.05, 4.69) is 31.0 Å². The summed E-state index contributed by atoms with van der Waals surface area (Å²) < 4.78 is 12.1. The van der Waals surface area contributed by atoms with Crippen LogP contribution in [0.15, 0.2) is 60.8 Å². The molecule has 0 bridgehead atoms. The van der Waals surface area contributed by atoms with Gasteiger partial charge in [-0.3, -0.25) is 9.78 Å². The Kier molecular flexibility index (Phi) is 13.3. The normalized spacial score (nSPS) is 10.6. The quantitative estimate of drug-likeness (QED) is 0.351. The third-order valence-corrected chi connectivity index (χ3v) is 4.93. The molecule has 6 heteroatoms. The molecule has 0 spiro atoms. The van der Waals surface area contributed by atoms with Gasteiger partial charge in [-0.25, -0.2) is 0 Å². The van der Waals surface area contributed by atoms with Gasteiger partial charge in [0.15, 0.2) is 0 Å². The molecule has 1 atom stereocenters. The Balaban J connectivity index is 0.00000101. The SMILES string of the molecule is CC.CCc1ccc(OCC[C@@H](C)Oc2ccc(Cl)cc2-c2ccccn2)cc1C.O=CO. The van der Waals surface area contributed by atoms with E-state index in [-0.39, 0.29) is 12.6 Å². The van der Waals surface area contributed by atoms with Gasteiger partial charge in [-0.05, 0) is 73.9 Å². The number of carbonyl (C=O) groups is 1. The molecule has 0 amide bonds. The lowest BCUT2D eigenvalue weighted by Gasteiger charge is -2.18. The molecule has 1 aromatic heterocycles. The molecule has 5 nitrogen and oxygen atoms in total. The first-order valence-corrected chi connectivity index (χ1v) is 11.5. The maximum Gasteiger partial charge on any atom is 0.290 e. The number of aryl methyl sites for hydroxylation is 2.